The SMILES string of the molecule is CCN(CC)C(=O)CN(C)S(=O)(=O)c1c(N)cccc1Cl. The van der Waals surface area contributed by atoms with Gasteiger partial charge in [-0.2, -0.15) is 4.31 Å². The Balaban J connectivity index is 3.06. The number of hydrogen-bond donors (Lipinski definition) is 1. The molecule has 118 valence electrons. The molecule has 0 fully saturated rings. The number of nitrogens with two attached hydrogens (primary N) is 1. The van der Waals surface area contributed by atoms with E-state index in [0.717, 1.165) is 4.31 Å². The molecule has 1 rings (SSSR count). The molecule has 0 heterocycles. The third-order valence-electron chi connectivity index (χ3n) is 3.14. The quantitative estimate of drug-likeness (QED) is 0.798. The molecule has 0 bridgehead atoms. The summed E-state index contributed by atoms with van der Waals surface area (Å²) in [6, 6.07) is 4.47. The van der Waals surface area contributed by atoms with Crippen molar-refractivity contribution in [1.29, 1.82) is 0 Å². The summed E-state index contributed by atoms with van der Waals surface area (Å²) in [4.78, 5) is 13.4. The van der Waals surface area contributed by atoms with Crippen molar-refractivity contribution in [3.63, 3.8) is 0 Å². The lowest BCUT2D eigenvalue weighted by Gasteiger charge is -2.23. The van der Waals surface area contributed by atoms with E-state index >= 15 is 0 Å². The maximum atomic E-state index is 12.5. The highest BCUT2D eigenvalue weighted by Crippen LogP contribution is 2.29. The van der Waals surface area contributed by atoms with Gasteiger partial charge in [0.2, 0.25) is 15.9 Å². The number of carbonyl (C=O) groups is 1. The first-order valence-electron chi connectivity index (χ1n) is 6.53. The van der Waals surface area contributed by atoms with Gasteiger partial charge in [0.05, 0.1) is 17.3 Å². The van der Waals surface area contributed by atoms with Crippen LogP contribution in [0.5, 0.6) is 0 Å². The van der Waals surface area contributed by atoms with Crippen LogP contribution in [0.3, 0.4) is 0 Å². The van der Waals surface area contributed by atoms with Crippen molar-refractivity contribution in [1.82, 2.24) is 9.21 Å². The molecule has 0 saturated carbocycles. The first-order valence-corrected chi connectivity index (χ1v) is 8.35. The van der Waals surface area contributed by atoms with Gasteiger partial charge in [0, 0.05) is 20.1 Å². The lowest BCUT2D eigenvalue weighted by Crippen LogP contribution is -2.41. The van der Waals surface area contributed by atoms with Gasteiger partial charge in [-0.05, 0) is 26.0 Å². The second-order valence-electron chi connectivity index (χ2n) is 4.49. The molecule has 0 aliphatic carbocycles. The van der Waals surface area contributed by atoms with Crippen LogP contribution in [0.4, 0.5) is 5.69 Å². The topological polar surface area (TPSA) is 83.7 Å². The van der Waals surface area contributed by atoms with Crippen molar-refractivity contribution < 1.29 is 13.2 Å². The van der Waals surface area contributed by atoms with E-state index in [1.165, 1.54) is 19.2 Å². The van der Waals surface area contributed by atoms with Crippen LogP contribution >= 0.6 is 11.6 Å². The predicted molar refractivity (Wildman–Crippen MR) is 83.6 cm³/mol. The van der Waals surface area contributed by atoms with Crippen molar-refractivity contribution in [2.75, 3.05) is 32.4 Å². The number of nitrogen functional groups attached to an aromatic ring is 1. The number of anilines is 1. The molecule has 8 heteroatoms. The summed E-state index contributed by atoms with van der Waals surface area (Å²) < 4.78 is 26.0. The summed E-state index contributed by atoms with van der Waals surface area (Å²) in [7, 11) is -2.58. The number of amides is 1. The Morgan fingerprint density at radius 2 is 1.86 bits per heavy atom. The Bertz CT molecular complexity index is 595. The molecule has 6 nitrogen and oxygen atoms in total. The van der Waals surface area contributed by atoms with E-state index in [1.807, 2.05) is 13.8 Å². The van der Waals surface area contributed by atoms with Crippen molar-refractivity contribution in [3.05, 3.63) is 23.2 Å². The first-order chi connectivity index (χ1) is 9.75. The van der Waals surface area contributed by atoms with Crippen LogP contribution in [-0.4, -0.2) is 50.2 Å². The molecule has 21 heavy (non-hydrogen) atoms. The number of hydrogen-bond acceptors (Lipinski definition) is 4. The summed E-state index contributed by atoms with van der Waals surface area (Å²) in [6.07, 6.45) is 0. The highest BCUT2D eigenvalue weighted by atomic mass is 35.5. The average Bonchev–Trinajstić information content (AvgIpc) is 2.39. The minimum Gasteiger partial charge on any atom is -0.398 e. The van der Waals surface area contributed by atoms with Gasteiger partial charge in [0.15, 0.2) is 0 Å². The molecule has 1 amide bonds. The maximum absolute atomic E-state index is 12.5. The first kappa shape index (κ1) is 17.7. The predicted octanol–water partition coefficient (Wildman–Crippen LogP) is 1.41. The number of likely N-dealkylation sites (N-methyl/N-ethyl adjacent to an activating group) is 2. The monoisotopic (exact) mass is 333 g/mol. The van der Waals surface area contributed by atoms with Gasteiger partial charge in [-0.3, -0.25) is 4.79 Å². The molecular weight excluding hydrogens is 314 g/mol. The normalized spacial score (nSPS) is 11.7. The van der Waals surface area contributed by atoms with Crippen LogP contribution < -0.4 is 5.73 Å². The number of sulfonamides is 1. The summed E-state index contributed by atoms with van der Waals surface area (Å²) in [5.74, 6) is -0.267. The Morgan fingerprint density at radius 1 is 1.29 bits per heavy atom. The third kappa shape index (κ3) is 3.87. The number of carbonyl (C=O) groups excluding carboxylic acids is 1. The number of rotatable bonds is 6. The molecule has 0 aliphatic rings. The van der Waals surface area contributed by atoms with Gasteiger partial charge in [-0.1, -0.05) is 17.7 Å². The number of nitrogens with zero attached hydrogens (tertiary/aromatic N) is 2. The fourth-order valence-corrected chi connectivity index (χ4v) is 3.65. The largest absolute Gasteiger partial charge is 0.398 e. The minimum atomic E-state index is -3.92. The van der Waals surface area contributed by atoms with Gasteiger partial charge in [-0.15, -0.1) is 0 Å². The van der Waals surface area contributed by atoms with Crippen LogP contribution in [0.15, 0.2) is 23.1 Å². The van der Waals surface area contributed by atoms with E-state index in [1.54, 1.807) is 11.0 Å². The standard InChI is InChI=1S/C13H20ClN3O3S/c1-4-17(5-2)12(18)9-16(3)21(19,20)13-10(14)7-6-8-11(13)15/h6-8H,4-5,9,15H2,1-3H3. The number of benzene rings is 1. The molecule has 1 aromatic carbocycles. The molecule has 0 saturated heterocycles. The van der Waals surface area contributed by atoms with E-state index in [9.17, 15) is 13.2 Å². The fraction of sp³-hybridized carbons (Fsp3) is 0.462. The highest BCUT2D eigenvalue weighted by molar-refractivity contribution is 7.89. The van der Waals surface area contributed by atoms with E-state index < -0.39 is 10.0 Å². The fourth-order valence-electron chi connectivity index (χ4n) is 1.91. The highest BCUT2D eigenvalue weighted by Gasteiger charge is 2.28. The lowest BCUT2D eigenvalue weighted by atomic mass is 10.3. The summed E-state index contributed by atoms with van der Waals surface area (Å²) in [5.41, 5.74) is 5.76. The summed E-state index contributed by atoms with van der Waals surface area (Å²) in [5, 5.41) is 0.0390. The molecule has 0 aliphatic heterocycles. The Morgan fingerprint density at radius 3 is 2.33 bits per heavy atom. The van der Waals surface area contributed by atoms with E-state index in [2.05, 4.69) is 0 Å². The maximum Gasteiger partial charge on any atom is 0.246 e. The van der Waals surface area contributed by atoms with Crippen molar-refractivity contribution in [2.45, 2.75) is 18.7 Å². The van der Waals surface area contributed by atoms with Crippen LogP contribution in [0, 0.1) is 0 Å². The van der Waals surface area contributed by atoms with Crippen LogP contribution in [0.2, 0.25) is 5.02 Å². The van der Waals surface area contributed by atoms with E-state index in [0.29, 0.717) is 13.1 Å². The number of halogens is 1. The molecule has 0 aromatic heterocycles. The van der Waals surface area contributed by atoms with Crippen LogP contribution in [-0.2, 0) is 14.8 Å². The zero-order valence-corrected chi connectivity index (χ0v) is 13.9. The minimum absolute atomic E-state index is 0.0390. The molecule has 2 N–H and O–H groups in total. The Hall–Kier alpha value is -1.31. The van der Waals surface area contributed by atoms with Gasteiger partial charge in [0.1, 0.15) is 4.90 Å². The van der Waals surface area contributed by atoms with Crippen molar-refractivity contribution >= 4 is 33.2 Å². The second-order valence-corrected chi connectivity index (χ2v) is 6.87. The van der Waals surface area contributed by atoms with Gasteiger partial charge >= 0.3 is 0 Å². The summed E-state index contributed by atoms with van der Waals surface area (Å²) in [6.45, 7) is 4.47. The molecule has 0 spiro atoms. The van der Waals surface area contributed by atoms with E-state index in [-0.39, 0.29) is 28.1 Å². The lowest BCUT2D eigenvalue weighted by molar-refractivity contribution is -0.130. The summed E-state index contributed by atoms with van der Waals surface area (Å²) >= 11 is 5.93. The molecular formula is C13H20ClN3O3S. The van der Waals surface area contributed by atoms with Crippen LogP contribution in [0.1, 0.15) is 13.8 Å². The second kappa shape index (κ2) is 7.11. The van der Waals surface area contributed by atoms with Gasteiger partial charge < -0.3 is 10.6 Å². The molecule has 0 radical (unpaired) electrons. The van der Waals surface area contributed by atoms with Crippen molar-refractivity contribution in [3.8, 4) is 0 Å². The Kier molecular flexibility index (Phi) is 6.00. The molecule has 0 unspecified atom stereocenters. The van der Waals surface area contributed by atoms with E-state index in [4.69, 9.17) is 17.3 Å². The third-order valence-corrected chi connectivity index (χ3v) is 5.49. The Labute approximate surface area is 130 Å². The van der Waals surface area contributed by atoms with Gasteiger partial charge in [0.25, 0.3) is 0 Å². The van der Waals surface area contributed by atoms with Crippen molar-refractivity contribution in [2.24, 2.45) is 0 Å². The zero-order chi connectivity index (χ0) is 16.2. The van der Waals surface area contributed by atoms with Crippen LogP contribution in [0.25, 0.3) is 0 Å². The molecule has 0 atom stereocenters. The smallest absolute Gasteiger partial charge is 0.246 e. The average molecular weight is 334 g/mol. The zero-order valence-electron chi connectivity index (χ0n) is 12.3. The molecule has 1 aromatic rings. The van der Waals surface area contributed by atoms with Gasteiger partial charge in [-0.25, -0.2) is 8.42 Å².